The molecule has 0 bridgehead atoms. The predicted octanol–water partition coefficient (Wildman–Crippen LogP) is 7.45. The molecule has 1 aromatic heterocycles. The Hall–Kier alpha value is -2.97. The molecule has 1 nitrogen and oxygen atoms in total. The van der Waals surface area contributed by atoms with Crippen LogP contribution in [-0.4, -0.2) is 17.5 Å². The third-order valence-electron chi connectivity index (χ3n) is 6.10. The van der Waals surface area contributed by atoms with Crippen molar-refractivity contribution in [2.75, 3.05) is 12.5 Å². The number of para-hydroxylation sites is 1. The van der Waals surface area contributed by atoms with Gasteiger partial charge in [-0.05, 0) is 65.1 Å². The first-order valence-corrected chi connectivity index (χ1v) is 12.1. The summed E-state index contributed by atoms with van der Waals surface area (Å²) >= 11 is 0. The van der Waals surface area contributed by atoms with E-state index in [1.165, 1.54) is 53.9 Å². The summed E-state index contributed by atoms with van der Waals surface area (Å²) in [7, 11) is -0.968. The zero-order valence-electron chi connectivity index (χ0n) is 16.0. The molecule has 0 amide bonds. The highest BCUT2D eigenvalue weighted by Crippen LogP contribution is 2.67. The maximum Gasteiger partial charge on any atom is 0.0465 e. The van der Waals surface area contributed by atoms with Crippen LogP contribution in [0.4, 0.5) is 0 Å². The predicted molar refractivity (Wildman–Crippen MR) is 123 cm³/mol. The van der Waals surface area contributed by atoms with E-state index >= 15 is 0 Å². The quantitative estimate of drug-likeness (QED) is 0.311. The molecule has 2 heteroatoms. The lowest BCUT2D eigenvalue weighted by atomic mass is 9.99. The van der Waals surface area contributed by atoms with Crippen LogP contribution in [-0.2, 0) is 0 Å². The molecule has 1 aliphatic heterocycles. The second kappa shape index (κ2) is 5.52. The third kappa shape index (κ3) is 2.10. The van der Waals surface area contributed by atoms with Gasteiger partial charge in [0.25, 0.3) is 0 Å². The van der Waals surface area contributed by atoms with Crippen molar-refractivity contribution in [3.8, 4) is 22.3 Å². The first-order valence-electron chi connectivity index (χ1n) is 9.61. The standard InChI is InChI=1S/C26H21NS/c1-28(2)25-10-6-4-8-20(25)21-13-11-18(16-26(21)28)17-12-14-24-22(15-17)19-7-3-5-9-23(19)27-24/h3-16,27H,1-2H3. The summed E-state index contributed by atoms with van der Waals surface area (Å²) in [6, 6.07) is 31.3. The second-order valence-corrected chi connectivity index (χ2v) is 11.5. The van der Waals surface area contributed by atoms with Gasteiger partial charge in [0.15, 0.2) is 0 Å². The zero-order chi connectivity index (χ0) is 18.9. The highest BCUT2D eigenvalue weighted by molar-refractivity contribution is 8.33. The lowest BCUT2D eigenvalue weighted by Crippen LogP contribution is -1.92. The normalized spacial score (nSPS) is 15.5. The second-order valence-electron chi connectivity index (χ2n) is 7.96. The highest BCUT2D eigenvalue weighted by Gasteiger charge is 2.31. The Kier molecular flexibility index (Phi) is 3.16. The Morgan fingerprint density at radius 3 is 2.18 bits per heavy atom. The maximum absolute atomic E-state index is 3.53. The Labute approximate surface area is 166 Å². The SMILES string of the molecule is CS1(C)c2ccccc2-c2ccc(-c3ccc4[nH]c5ccccc5c4c3)cc21. The minimum absolute atomic E-state index is 0.968. The molecule has 4 aromatic carbocycles. The van der Waals surface area contributed by atoms with Crippen molar-refractivity contribution in [2.24, 2.45) is 0 Å². The molecule has 0 spiro atoms. The van der Waals surface area contributed by atoms with Gasteiger partial charge in [0.1, 0.15) is 0 Å². The number of hydrogen-bond acceptors (Lipinski definition) is 0. The van der Waals surface area contributed by atoms with E-state index < -0.39 is 10.0 Å². The molecule has 5 aromatic rings. The lowest BCUT2D eigenvalue weighted by molar-refractivity contribution is 1.44. The topological polar surface area (TPSA) is 15.8 Å². The van der Waals surface area contributed by atoms with Crippen molar-refractivity contribution in [2.45, 2.75) is 9.79 Å². The van der Waals surface area contributed by atoms with Gasteiger partial charge in [0, 0.05) is 31.6 Å². The summed E-state index contributed by atoms with van der Waals surface area (Å²) in [5.74, 6) is 0. The van der Waals surface area contributed by atoms with Gasteiger partial charge in [-0.1, -0.05) is 54.6 Å². The molecule has 0 radical (unpaired) electrons. The van der Waals surface area contributed by atoms with E-state index in [1.54, 1.807) is 0 Å². The van der Waals surface area contributed by atoms with Gasteiger partial charge in [-0.15, -0.1) is 0 Å². The smallest absolute Gasteiger partial charge is 0.0465 e. The molecule has 2 heterocycles. The number of aromatic amines is 1. The van der Waals surface area contributed by atoms with Crippen molar-refractivity contribution in [3.05, 3.63) is 84.9 Å². The molecular weight excluding hydrogens is 358 g/mol. The molecule has 0 unspecified atom stereocenters. The molecule has 1 N–H and O–H groups in total. The van der Waals surface area contributed by atoms with Crippen LogP contribution in [0.25, 0.3) is 44.1 Å². The largest absolute Gasteiger partial charge is 0.355 e. The maximum atomic E-state index is 3.53. The summed E-state index contributed by atoms with van der Waals surface area (Å²) in [5, 5.41) is 2.59. The number of rotatable bonds is 1. The van der Waals surface area contributed by atoms with E-state index in [4.69, 9.17) is 0 Å². The first kappa shape index (κ1) is 16.0. The van der Waals surface area contributed by atoms with E-state index in [0.717, 1.165) is 0 Å². The average molecular weight is 380 g/mol. The molecule has 0 aliphatic carbocycles. The third-order valence-corrected chi connectivity index (χ3v) is 8.99. The van der Waals surface area contributed by atoms with Crippen molar-refractivity contribution in [1.29, 1.82) is 0 Å². The number of hydrogen-bond donors (Lipinski definition) is 1. The van der Waals surface area contributed by atoms with Crippen LogP contribution in [0, 0.1) is 0 Å². The van der Waals surface area contributed by atoms with E-state index in [2.05, 4.69) is 102 Å². The molecule has 1 aliphatic rings. The minimum Gasteiger partial charge on any atom is -0.355 e. The highest BCUT2D eigenvalue weighted by atomic mass is 32.3. The molecular formula is C26H21NS. The van der Waals surface area contributed by atoms with Gasteiger partial charge in [-0.25, -0.2) is 0 Å². The monoisotopic (exact) mass is 379 g/mol. The summed E-state index contributed by atoms with van der Waals surface area (Å²) in [4.78, 5) is 6.54. The summed E-state index contributed by atoms with van der Waals surface area (Å²) in [5.41, 5.74) is 7.81. The molecule has 6 rings (SSSR count). The number of fused-ring (bicyclic) bond motifs is 6. The van der Waals surface area contributed by atoms with Crippen LogP contribution in [0.5, 0.6) is 0 Å². The van der Waals surface area contributed by atoms with Crippen LogP contribution in [0.1, 0.15) is 0 Å². The number of nitrogens with one attached hydrogen (secondary N) is 1. The molecule has 136 valence electrons. The van der Waals surface area contributed by atoms with E-state index in [9.17, 15) is 0 Å². The van der Waals surface area contributed by atoms with Crippen molar-refractivity contribution >= 4 is 31.8 Å². The van der Waals surface area contributed by atoms with Crippen molar-refractivity contribution in [1.82, 2.24) is 4.98 Å². The van der Waals surface area contributed by atoms with Gasteiger partial charge in [-0.3, -0.25) is 0 Å². The molecule has 0 fully saturated rings. The molecule has 0 saturated carbocycles. The summed E-state index contributed by atoms with van der Waals surface area (Å²) in [6.45, 7) is 0. The molecule has 0 atom stereocenters. The minimum atomic E-state index is -0.968. The van der Waals surface area contributed by atoms with Crippen LogP contribution < -0.4 is 0 Å². The van der Waals surface area contributed by atoms with Gasteiger partial charge < -0.3 is 4.98 Å². The van der Waals surface area contributed by atoms with Gasteiger partial charge >= 0.3 is 0 Å². The van der Waals surface area contributed by atoms with Crippen LogP contribution in [0.15, 0.2) is 94.7 Å². The summed E-state index contributed by atoms with van der Waals surface area (Å²) < 4.78 is 0. The van der Waals surface area contributed by atoms with E-state index in [1.807, 2.05) is 0 Å². The van der Waals surface area contributed by atoms with Gasteiger partial charge in [0.2, 0.25) is 0 Å². The van der Waals surface area contributed by atoms with E-state index in [-0.39, 0.29) is 0 Å². The fourth-order valence-corrected chi connectivity index (χ4v) is 7.16. The van der Waals surface area contributed by atoms with Crippen molar-refractivity contribution < 1.29 is 0 Å². The average Bonchev–Trinajstić information content (AvgIpc) is 3.21. The Morgan fingerprint density at radius 1 is 0.571 bits per heavy atom. The van der Waals surface area contributed by atoms with Gasteiger partial charge in [-0.2, -0.15) is 10.0 Å². The Morgan fingerprint density at radius 2 is 1.25 bits per heavy atom. The van der Waals surface area contributed by atoms with Gasteiger partial charge in [0.05, 0.1) is 0 Å². The Bertz CT molecular complexity index is 1390. The van der Waals surface area contributed by atoms with Crippen LogP contribution in [0.3, 0.4) is 0 Å². The fourth-order valence-electron chi connectivity index (χ4n) is 4.63. The number of benzene rings is 4. The lowest BCUT2D eigenvalue weighted by Gasteiger charge is -2.28. The fraction of sp³-hybridized carbons (Fsp3) is 0.0769. The zero-order valence-corrected chi connectivity index (χ0v) is 16.8. The Balaban J connectivity index is 1.55. The first-order chi connectivity index (χ1) is 13.6. The molecule has 0 saturated heterocycles. The molecule has 28 heavy (non-hydrogen) atoms. The number of H-pyrrole nitrogens is 1. The van der Waals surface area contributed by atoms with Crippen LogP contribution >= 0.6 is 10.0 Å². The number of aromatic nitrogens is 1. The van der Waals surface area contributed by atoms with Crippen LogP contribution in [0.2, 0.25) is 0 Å². The summed E-state index contributed by atoms with van der Waals surface area (Å²) in [6.07, 6.45) is 4.84. The van der Waals surface area contributed by atoms with E-state index in [0.29, 0.717) is 0 Å². The van der Waals surface area contributed by atoms with Crippen molar-refractivity contribution in [3.63, 3.8) is 0 Å².